The molecular formula is C33H49N5O3. The van der Waals surface area contributed by atoms with Gasteiger partial charge in [-0.3, -0.25) is 14.4 Å². The summed E-state index contributed by atoms with van der Waals surface area (Å²) in [4.78, 5) is 43.7. The molecule has 0 aromatic heterocycles. The maximum atomic E-state index is 13.8. The summed E-state index contributed by atoms with van der Waals surface area (Å²) >= 11 is 0. The molecule has 0 radical (unpaired) electrons. The van der Waals surface area contributed by atoms with Crippen molar-refractivity contribution in [2.45, 2.75) is 78.0 Å². The first-order chi connectivity index (χ1) is 19.6. The number of rotatable bonds is 14. The van der Waals surface area contributed by atoms with Gasteiger partial charge in [0.05, 0.1) is 12.6 Å². The monoisotopic (exact) mass is 563 g/mol. The van der Waals surface area contributed by atoms with Crippen molar-refractivity contribution in [2.75, 3.05) is 33.2 Å². The van der Waals surface area contributed by atoms with Crippen LogP contribution in [0.15, 0.2) is 60.7 Å². The van der Waals surface area contributed by atoms with Crippen LogP contribution < -0.4 is 16.0 Å². The number of nitrogens with one attached hydrogen (secondary N) is 3. The highest BCUT2D eigenvalue weighted by atomic mass is 16.2. The molecule has 3 rings (SSSR count). The van der Waals surface area contributed by atoms with Crippen molar-refractivity contribution < 1.29 is 14.4 Å². The van der Waals surface area contributed by atoms with Gasteiger partial charge in [0.1, 0.15) is 6.04 Å². The lowest BCUT2D eigenvalue weighted by Crippen LogP contribution is -2.58. The molecule has 0 unspecified atom stereocenters. The molecule has 0 aliphatic carbocycles. The van der Waals surface area contributed by atoms with Gasteiger partial charge in [0.15, 0.2) is 0 Å². The molecule has 1 aliphatic rings. The van der Waals surface area contributed by atoms with Crippen molar-refractivity contribution in [1.82, 2.24) is 25.8 Å². The average molecular weight is 564 g/mol. The molecule has 224 valence electrons. The van der Waals surface area contributed by atoms with Gasteiger partial charge in [-0.1, -0.05) is 81.4 Å². The number of hydrogen-bond donors (Lipinski definition) is 3. The summed E-state index contributed by atoms with van der Waals surface area (Å²) in [6.07, 6.45) is 3.31. The van der Waals surface area contributed by atoms with Gasteiger partial charge >= 0.3 is 0 Å². The molecule has 3 atom stereocenters. The first kappa shape index (κ1) is 32.3. The highest BCUT2D eigenvalue weighted by molar-refractivity contribution is 5.90. The number of likely N-dealkylation sites (tertiary alicyclic amines) is 1. The van der Waals surface area contributed by atoms with E-state index < -0.39 is 11.5 Å². The summed E-state index contributed by atoms with van der Waals surface area (Å²) in [6, 6.07) is 19.3. The lowest BCUT2D eigenvalue weighted by Gasteiger charge is -2.37. The molecule has 1 aliphatic heterocycles. The molecular weight excluding hydrogens is 514 g/mol. The molecule has 1 heterocycles. The van der Waals surface area contributed by atoms with Crippen LogP contribution in [0.4, 0.5) is 0 Å². The lowest BCUT2D eigenvalue weighted by molar-refractivity contribution is -0.140. The molecule has 2 aromatic rings. The molecule has 41 heavy (non-hydrogen) atoms. The van der Waals surface area contributed by atoms with Gasteiger partial charge in [0.25, 0.3) is 0 Å². The Labute approximate surface area is 246 Å². The van der Waals surface area contributed by atoms with Gasteiger partial charge < -0.3 is 25.8 Å². The second-order valence-corrected chi connectivity index (χ2v) is 12.1. The number of amides is 3. The van der Waals surface area contributed by atoms with E-state index in [0.717, 1.165) is 24.8 Å². The number of hydrogen-bond acceptors (Lipinski definition) is 5. The van der Waals surface area contributed by atoms with E-state index in [1.165, 1.54) is 5.56 Å². The minimum absolute atomic E-state index is 0.0373. The van der Waals surface area contributed by atoms with Crippen LogP contribution >= 0.6 is 0 Å². The quantitative estimate of drug-likeness (QED) is 0.328. The molecule has 0 bridgehead atoms. The predicted octanol–water partition coefficient (Wildman–Crippen LogP) is 3.37. The third-order valence-electron chi connectivity index (χ3n) is 7.93. The Morgan fingerprint density at radius 1 is 0.976 bits per heavy atom. The standard InChI is InChI=1S/C33H49N5O3/c1-25(34-5)31(40)36-30(33(2,3)4)32(41)38-20-12-17-28(38)19-22-37(21-18-26-13-8-6-9-14-26)29(39)24-35-23-27-15-10-7-11-16-27/h6-11,13-16,25,28,30,34-35H,12,17-24H2,1-5H3,(H,36,40)/t25-,28-,30+/m0/s1. The Kier molecular flexibility index (Phi) is 12.4. The summed E-state index contributed by atoms with van der Waals surface area (Å²) in [7, 11) is 1.73. The van der Waals surface area contributed by atoms with Gasteiger partial charge in [-0.2, -0.15) is 0 Å². The van der Waals surface area contributed by atoms with E-state index in [4.69, 9.17) is 0 Å². The van der Waals surface area contributed by atoms with Crippen LogP contribution in [0.2, 0.25) is 0 Å². The minimum atomic E-state index is -0.621. The second-order valence-electron chi connectivity index (χ2n) is 12.1. The van der Waals surface area contributed by atoms with E-state index in [1.54, 1.807) is 14.0 Å². The molecule has 8 heteroatoms. The maximum absolute atomic E-state index is 13.8. The zero-order chi connectivity index (χ0) is 29.8. The maximum Gasteiger partial charge on any atom is 0.245 e. The smallest absolute Gasteiger partial charge is 0.245 e. The summed E-state index contributed by atoms with van der Waals surface area (Å²) in [5.74, 6) is -0.158. The van der Waals surface area contributed by atoms with Crippen molar-refractivity contribution in [3.63, 3.8) is 0 Å². The fraction of sp³-hybridized carbons (Fsp3) is 0.545. The molecule has 0 saturated carbocycles. The fourth-order valence-corrected chi connectivity index (χ4v) is 5.24. The van der Waals surface area contributed by atoms with E-state index in [1.807, 2.05) is 79.1 Å². The average Bonchev–Trinajstić information content (AvgIpc) is 3.44. The fourth-order valence-electron chi connectivity index (χ4n) is 5.24. The van der Waals surface area contributed by atoms with Gasteiger partial charge in [0.2, 0.25) is 17.7 Å². The number of carbonyl (C=O) groups is 3. The van der Waals surface area contributed by atoms with Crippen LogP contribution in [0.25, 0.3) is 0 Å². The number of benzene rings is 2. The Hall–Kier alpha value is -3.23. The van der Waals surface area contributed by atoms with E-state index in [-0.39, 0.29) is 36.3 Å². The zero-order valence-corrected chi connectivity index (χ0v) is 25.5. The van der Waals surface area contributed by atoms with E-state index in [0.29, 0.717) is 32.6 Å². The Balaban J connectivity index is 1.65. The normalized spacial score (nSPS) is 16.7. The van der Waals surface area contributed by atoms with Gasteiger partial charge in [-0.15, -0.1) is 0 Å². The van der Waals surface area contributed by atoms with E-state index in [2.05, 4.69) is 28.1 Å². The molecule has 1 fully saturated rings. The zero-order valence-electron chi connectivity index (χ0n) is 25.5. The summed E-state index contributed by atoms with van der Waals surface area (Å²) in [5, 5.41) is 9.25. The molecule has 0 spiro atoms. The summed E-state index contributed by atoms with van der Waals surface area (Å²) in [6.45, 7) is 10.5. The van der Waals surface area contributed by atoms with Crippen LogP contribution in [-0.4, -0.2) is 78.9 Å². The van der Waals surface area contributed by atoms with Crippen LogP contribution in [-0.2, 0) is 27.3 Å². The Morgan fingerprint density at radius 2 is 1.61 bits per heavy atom. The molecule has 3 N–H and O–H groups in total. The molecule has 3 amide bonds. The van der Waals surface area contributed by atoms with Crippen molar-refractivity contribution in [1.29, 1.82) is 0 Å². The number of likely N-dealkylation sites (N-methyl/N-ethyl adjacent to an activating group) is 1. The van der Waals surface area contributed by atoms with Crippen molar-refractivity contribution in [3.05, 3.63) is 71.8 Å². The summed E-state index contributed by atoms with van der Waals surface area (Å²) in [5.41, 5.74) is 1.90. The van der Waals surface area contributed by atoms with Gasteiger partial charge in [-0.05, 0) is 56.2 Å². The Bertz CT molecular complexity index is 1100. The third-order valence-corrected chi connectivity index (χ3v) is 7.93. The van der Waals surface area contributed by atoms with Crippen molar-refractivity contribution in [3.8, 4) is 0 Å². The topological polar surface area (TPSA) is 93.8 Å². The van der Waals surface area contributed by atoms with E-state index >= 15 is 0 Å². The lowest BCUT2D eigenvalue weighted by atomic mass is 9.85. The van der Waals surface area contributed by atoms with Crippen LogP contribution in [0.5, 0.6) is 0 Å². The first-order valence-electron chi connectivity index (χ1n) is 14.9. The van der Waals surface area contributed by atoms with Crippen LogP contribution in [0, 0.1) is 5.41 Å². The minimum Gasteiger partial charge on any atom is -0.342 e. The van der Waals surface area contributed by atoms with E-state index in [9.17, 15) is 14.4 Å². The second kappa shape index (κ2) is 15.7. The highest BCUT2D eigenvalue weighted by Gasteiger charge is 2.40. The number of nitrogens with zero attached hydrogens (tertiary/aromatic N) is 2. The molecule has 8 nitrogen and oxygen atoms in total. The van der Waals surface area contributed by atoms with Crippen LogP contribution in [0.3, 0.4) is 0 Å². The molecule has 1 saturated heterocycles. The van der Waals surface area contributed by atoms with Crippen molar-refractivity contribution >= 4 is 17.7 Å². The number of carbonyl (C=O) groups excluding carboxylic acids is 3. The predicted molar refractivity (Wildman–Crippen MR) is 164 cm³/mol. The van der Waals surface area contributed by atoms with Gasteiger partial charge in [-0.25, -0.2) is 0 Å². The Morgan fingerprint density at radius 3 is 2.22 bits per heavy atom. The third kappa shape index (κ3) is 9.97. The molecule has 2 aromatic carbocycles. The van der Waals surface area contributed by atoms with Gasteiger partial charge in [0, 0.05) is 32.2 Å². The summed E-state index contributed by atoms with van der Waals surface area (Å²) < 4.78 is 0. The van der Waals surface area contributed by atoms with Crippen LogP contribution in [0.1, 0.15) is 58.1 Å². The SMILES string of the molecule is CN[C@@H](C)C(=O)N[C@H](C(=O)N1CCC[C@H]1CCN(CCc1ccccc1)C(=O)CNCc1ccccc1)C(C)(C)C. The highest BCUT2D eigenvalue weighted by Crippen LogP contribution is 2.27. The first-order valence-corrected chi connectivity index (χ1v) is 14.9. The largest absolute Gasteiger partial charge is 0.342 e. The van der Waals surface area contributed by atoms with Crippen molar-refractivity contribution in [2.24, 2.45) is 5.41 Å².